The van der Waals surface area contributed by atoms with Crippen LogP contribution >= 0.6 is 0 Å². The maximum atomic E-state index is 14.7. The van der Waals surface area contributed by atoms with Crippen molar-refractivity contribution in [3.63, 3.8) is 0 Å². The van der Waals surface area contributed by atoms with Gasteiger partial charge in [-0.15, -0.1) is 0 Å². The van der Waals surface area contributed by atoms with Crippen LogP contribution in [0, 0.1) is 11.6 Å². The van der Waals surface area contributed by atoms with Gasteiger partial charge >= 0.3 is 0 Å². The molecular weight excluding hydrogens is 448 g/mol. The largest absolute Gasteiger partial charge is 0.508 e. The van der Waals surface area contributed by atoms with E-state index < -0.39 is 40.8 Å². The third-order valence-corrected chi connectivity index (χ3v) is 5.48. The molecule has 1 saturated heterocycles. The molecule has 7 nitrogen and oxygen atoms in total. The highest BCUT2D eigenvalue weighted by atomic mass is 19.1. The molecule has 1 unspecified atom stereocenters. The molecule has 0 bridgehead atoms. The van der Waals surface area contributed by atoms with Crippen molar-refractivity contribution in [2.75, 3.05) is 19.1 Å². The number of methoxy groups -OCH3 is 2. The summed E-state index contributed by atoms with van der Waals surface area (Å²) in [5.74, 6) is -4.10. The number of nitrogens with zero attached hydrogens (tertiary/aromatic N) is 1. The van der Waals surface area contributed by atoms with Gasteiger partial charge in [0.25, 0.3) is 11.7 Å². The first-order valence-corrected chi connectivity index (χ1v) is 10.0. The number of amides is 1. The van der Waals surface area contributed by atoms with Gasteiger partial charge in [-0.25, -0.2) is 8.78 Å². The van der Waals surface area contributed by atoms with Crippen molar-refractivity contribution in [3.8, 4) is 17.2 Å². The third kappa shape index (κ3) is 3.81. The molecule has 0 radical (unpaired) electrons. The molecule has 4 rings (SSSR count). The van der Waals surface area contributed by atoms with Gasteiger partial charge < -0.3 is 19.7 Å². The number of hydrogen-bond acceptors (Lipinski definition) is 6. The zero-order valence-electron chi connectivity index (χ0n) is 18.1. The summed E-state index contributed by atoms with van der Waals surface area (Å²) in [5, 5.41) is 20.9. The van der Waals surface area contributed by atoms with Crippen molar-refractivity contribution >= 4 is 23.1 Å². The number of ether oxygens (including phenoxy) is 2. The first-order chi connectivity index (χ1) is 16.3. The van der Waals surface area contributed by atoms with E-state index >= 15 is 0 Å². The fourth-order valence-corrected chi connectivity index (χ4v) is 3.86. The second kappa shape index (κ2) is 8.86. The third-order valence-electron chi connectivity index (χ3n) is 5.48. The zero-order valence-corrected chi connectivity index (χ0v) is 18.1. The fraction of sp³-hybridized carbons (Fsp3) is 0.120. The number of aromatic hydroxyl groups is 1. The number of aliphatic hydroxyl groups is 1. The first-order valence-electron chi connectivity index (χ1n) is 10.0. The van der Waals surface area contributed by atoms with Crippen LogP contribution in [0.3, 0.4) is 0 Å². The maximum absolute atomic E-state index is 14.7. The van der Waals surface area contributed by atoms with Crippen LogP contribution in [0.25, 0.3) is 5.76 Å². The van der Waals surface area contributed by atoms with Crippen LogP contribution in [0.1, 0.15) is 17.2 Å². The topological polar surface area (TPSA) is 96.3 Å². The highest BCUT2D eigenvalue weighted by Crippen LogP contribution is 2.44. The second-order valence-electron chi connectivity index (χ2n) is 7.42. The Morgan fingerprint density at radius 2 is 1.65 bits per heavy atom. The summed E-state index contributed by atoms with van der Waals surface area (Å²) in [6.07, 6.45) is 0. The normalized spacial score (nSPS) is 17.2. The van der Waals surface area contributed by atoms with E-state index in [1.165, 1.54) is 56.7 Å². The summed E-state index contributed by atoms with van der Waals surface area (Å²) in [7, 11) is 2.79. The number of ketones is 1. The van der Waals surface area contributed by atoms with E-state index in [1.807, 2.05) is 0 Å². The Morgan fingerprint density at radius 3 is 2.29 bits per heavy atom. The summed E-state index contributed by atoms with van der Waals surface area (Å²) >= 11 is 0. The monoisotopic (exact) mass is 467 g/mol. The number of Topliss-reactive ketones (excluding diaryl/α,β-unsaturated/α-hetero) is 1. The van der Waals surface area contributed by atoms with Gasteiger partial charge in [-0.2, -0.15) is 0 Å². The molecule has 1 fully saturated rings. The highest BCUT2D eigenvalue weighted by Gasteiger charge is 2.48. The van der Waals surface area contributed by atoms with Gasteiger partial charge in [0, 0.05) is 12.1 Å². The molecule has 1 heterocycles. The molecule has 9 heteroatoms. The summed E-state index contributed by atoms with van der Waals surface area (Å²) in [6.45, 7) is 0. The zero-order chi connectivity index (χ0) is 24.6. The van der Waals surface area contributed by atoms with Crippen LogP contribution in [0.2, 0.25) is 0 Å². The Labute approximate surface area is 193 Å². The summed E-state index contributed by atoms with van der Waals surface area (Å²) in [4.78, 5) is 27.0. The molecule has 1 amide bonds. The number of phenols is 1. The average molecular weight is 467 g/mol. The van der Waals surface area contributed by atoms with Crippen LogP contribution in [-0.2, 0) is 9.59 Å². The average Bonchev–Trinajstić information content (AvgIpc) is 3.10. The molecule has 3 aromatic carbocycles. The molecule has 1 aliphatic heterocycles. The number of hydrogen-bond donors (Lipinski definition) is 2. The molecule has 34 heavy (non-hydrogen) atoms. The van der Waals surface area contributed by atoms with Gasteiger partial charge in [-0.3, -0.25) is 14.5 Å². The van der Waals surface area contributed by atoms with Crippen molar-refractivity contribution in [2.24, 2.45) is 0 Å². The predicted molar refractivity (Wildman–Crippen MR) is 119 cm³/mol. The number of phenolic OH excluding ortho intramolecular Hbond substituents is 1. The minimum Gasteiger partial charge on any atom is -0.508 e. The van der Waals surface area contributed by atoms with Gasteiger partial charge in [0.05, 0.1) is 37.1 Å². The molecule has 1 aliphatic rings. The molecule has 0 spiro atoms. The van der Waals surface area contributed by atoms with E-state index in [0.29, 0.717) is 5.75 Å². The van der Waals surface area contributed by atoms with Crippen molar-refractivity contribution in [2.45, 2.75) is 6.04 Å². The maximum Gasteiger partial charge on any atom is 0.300 e. The quantitative estimate of drug-likeness (QED) is 0.330. The van der Waals surface area contributed by atoms with Crippen molar-refractivity contribution in [1.82, 2.24) is 0 Å². The Kier molecular flexibility index (Phi) is 5.93. The number of benzene rings is 3. The SMILES string of the molecule is COc1ccc(/C(O)=C2/C(=O)C(=O)N(c3cc(F)ccc3F)C2c2ccc(O)cc2)c(OC)c1. The minimum atomic E-state index is -1.32. The fourth-order valence-electron chi connectivity index (χ4n) is 3.86. The van der Waals surface area contributed by atoms with E-state index in [-0.39, 0.29) is 28.2 Å². The smallest absolute Gasteiger partial charge is 0.300 e. The summed E-state index contributed by atoms with van der Waals surface area (Å²) in [5.41, 5.74) is -0.469. The van der Waals surface area contributed by atoms with E-state index in [1.54, 1.807) is 0 Å². The molecule has 0 aromatic heterocycles. The number of aliphatic hydroxyl groups excluding tert-OH is 1. The first kappa shape index (κ1) is 22.8. The van der Waals surface area contributed by atoms with Gasteiger partial charge in [0.2, 0.25) is 0 Å². The van der Waals surface area contributed by atoms with Crippen molar-refractivity contribution < 1.29 is 38.1 Å². The van der Waals surface area contributed by atoms with Crippen molar-refractivity contribution in [1.29, 1.82) is 0 Å². The Bertz CT molecular complexity index is 1320. The molecule has 0 saturated carbocycles. The van der Waals surface area contributed by atoms with Crippen LogP contribution < -0.4 is 14.4 Å². The Balaban J connectivity index is 1.99. The number of carbonyl (C=O) groups excluding carboxylic acids is 2. The van der Waals surface area contributed by atoms with Crippen LogP contribution in [0.15, 0.2) is 66.2 Å². The highest BCUT2D eigenvalue weighted by molar-refractivity contribution is 6.51. The lowest BCUT2D eigenvalue weighted by atomic mass is 9.94. The molecule has 3 aromatic rings. The number of carbonyl (C=O) groups is 2. The van der Waals surface area contributed by atoms with E-state index in [0.717, 1.165) is 23.1 Å². The van der Waals surface area contributed by atoms with Crippen molar-refractivity contribution in [3.05, 3.63) is 89.0 Å². The van der Waals surface area contributed by atoms with E-state index in [2.05, 4.69) is 0 Å². The van der Waals surface area contributed by atoms with Gasteiger partial charge in [0.15, 0.2) is 0 Å². The molecule has 0 aliphatic carbocycles. The predicted octanol–water partition coefficient (Wildman–Crippen LogP) is 4.31. The summed E-state index contributed by atoms with van der Waals surface area (Å²) in [6, 6.07) is 11.1. The minimum absolute atomic E-state index is 0.0878. The van der Waals surface area contributed by atoms with E-state index in [9.17, 15) is 28.6 Å². The lowest BCUT2D eigenvalue weighted by Crippen LogP contribution is -2.30. The standard InChI is InChI=1S/C25H19F2NO6/c1-33-16-8-9-17(20(12-16)34-2)23(30)21-22(13-3-6-15(29)7-4-13)28(25(32)24(21)31)19-11-14(26)5-10-18(19)27/h3-12,22,29-30H,1-2H3/b23-21-. The Hall–Kier alpha value is -4.40. The summed E-state index contributed by atoms with van der Waals surface area (Å²) < 4.78 is 39.1. The second-order valence-corrected chi connectivity index (χ2v) is 7.42. The lowest BCUT2D eigenvalue weighted by molar-refractivity contribution is -0.132. The van der Waals surface area contributed by atoms with Crippen LogP contribution in [-0.4, -0.2) is 36.1 Å². The van der Waals surface area contributed by atoms with Crippen LogP contribution in [0.5, 0.6) is 17.2 Å². The molecule has 1 atom stereocenters. The van der Waals surface area contributed by atoms with E-state index in [4.69, 9.17) is 9.47 Å². The van der Waals surface area contributed by atoms with Crippen LogP contribution in [0.4, 0.5) is 14.5 Å². The van der Waals surface area contributed by atoms with Gasteiger partial charge in [-0.05, 0) is 42.0 Å². The number of rotatable bonds is 5. The van der Waals surface area contributed by atoms with Gasteiger partial charge in [0.1, 0.15) is 34.6 Å². The molecular formula is C25H19F2NO6. The number of halogens is 2. The number of anilines is 1. The molecule has 2 N–H and O–H groups in total. The Morgan fingerprint density at radius 1 is 0.941 bits per heavy atom. The van der Waals surface area contributed by atoms with Gasteiger partial charge in [-0.1, -0.05) is 12.1 Å². The lowest BCUT2D eigenvalue weighted by Gasteiger charge is -2.26. The molecule has 174 valence electrons.